The first-order valence-electron chi connectivity index (χ1n) is 12.9. The number of nitrogens with zero attached hydrogens (tertiary/aromatic N) is 4. The summed E-state index contributed by atoms with van der Waals surface area (Å²) in [6.45, 7) is -9.08. The Morgan fingerprint density at radius 2 is 1.38 bits per heavy atom. The van der Waals surface area contributed by atoms with E-state index in [1.807, 2.05) is 24.3 Å². The lowest BCUT2D eigenvalue weighted by Gasteiger charge is -2.27. The molecule has 42 heavy (non-hydrogen) atoms. The number of hydrogen-bond donors (Lipinski definition) is 4. The molecule has 3 N–H and O–H groups in total. The first-order chi connectivity index (χ1) is 20.1. The first-order valence-corrected chi connectivity index (χ1v) is 18.2. The van der Waals surface area contributed by atoms with Gasteiger partial charge in [-0.15, -0.1) is 0 Å². The zero-order valence-electron chi connectivity index (χ0n) is 21.5. The van der Waals surface area contributed by atoms with Gasteiger partial charge in [0.05, 0.1) is 47.9 Å². The predicted molar refractivity (Wildman–Crippen MR) is 154 cm³/mol. The first kappa shape index (κ1) is 29.0. The van der Waals surface area contributed by atoms with Gasteiger partial charge in [-0.25, -0.2) is 14.5 Å². The van der Waals surface area contributed by atoms with E-state index in [0.717, 1.165) is 0 Å². The molecular weight excluding hydrogens is 630 g/mol. The van der Waals surface area contributed by atoms with E-state index in [4.69, 9.17) is 39.4 Å². The highest BCUT2D eigenvalue weighted by Gasteiger charge is 2.52. The molecule has 0 radical (unpaired) electrons. The Morgan fingerprint density at radius 3 is 2.05 bits per heavy atom. The molecule has 2 aromatic carbocycles. The molecule has 0 saturated carbocycles. The Hall–Kier alpha value is -1.75. The van der Waals surface area contributed by atoms with Gasteiger partial charge in [0.25, 0.3) is 0 Å². The summed E-state index contributed by atoms with van der Waals surface area (Å²) in [5, 5.41) is 22.4. The lowest BCUT2D eigenvalue weighted by atomic mass is 10.1. The van der Waals surface area contributed by atoms with Crippen LogP contribution in [0.5, 0.6) is 0 Å². The molecular formula is C24H26N4O10P2S2. The normalized spacial score (nSPS) is 39.5. The van der Waals surface area contributed by atoms with E-state index >= 15 is 0 Å². The van der Waals surface area contributed by atoms with Crippen LogP contribution in [0.15, 0.2) is 61.2 Å². The molecule has 7 rings (SSSR count). The van der Waals surface area contributed by atoms with E-state index in [1.54, 1.807) is 33.4 Å². The summed E-state index contributed by atoms with van der Waals surface area (Å²) in [7, 11) is 0. The topological polar surface area (TPSA) is 169 Å². The highest BCUT2D eigenvalue weighted by atomic mass is 32.7. The van der Waals surface area contributed by atoms with Gasteiger partial charge in [-0.1, -0.05) is 36.5 Å². The molecule has 18 heteroatoms. The van der Waals surface area contributed by atoms with E-state index in [1.165, 1.54) is 12.7 Å². The number of ether oxygens (including phenoxy) is 2. The molecule has 0 aliphatic carbocycles. The minimum absolute atomic E-state index is 0.403. The minimum atomic E-state index is -4.19. The van der Waals surface area contributed by atoms with Gasteiger partial charge in [-0.2, -0.15) is 0 Å². The van der Waals surface area contributed by atoms with Gasteiger partial charge < -0.3 is 38.2 Å². The average molecular weight is 657 g/mol. The van der Waals surface area contributed by atoms with Crippen LogP contribution in [0.2, 0.25) is 0 Å². The van der Waals surface area contributed by atoms with Crippen molar-refractivity contribution in [3.63, 3.8) is 0 Å². The maximum Gasteiger partial charge on any atom is 0.386 e. The van der Waals surface area contributed by atoms with Crippen molar-refractivity contribution in [1.29, 1.82) is 0 Å². The van der Waals surface area contributed by atoms with Crippen LogP contribution in [-0.4, -0.2) is 84.0 Å². The fraction of sp³-hybridized carbons (Fsp3) is 0.417. The maximum atomic E-state index is 13.5. The number of aromatic nitrogens is 4. The highest BCUT2D eigenvalue weighted by molar-refractivity contribution is 8.44. The van der Waals surface area contributed by atoms with Crippen molar-refractivity contribution in [3.8, 4) is 0 Å². The van der Waals surface area contributed by atoms with Gasteiger partial charge in [0, 0.05) is 0 Å². The molecule has 3 fully saturated rings. The van der Waals surface area contributed by atoms with Crippen molar-refractivity contribution >= 4 is 59.6 Å². The summed E-state index contributed by atoms with van der Waals surface area (Å²) in [6, 6.07) is 14.5. The zero-order chi connectivity index (χ0) is 29.2. The van der Waals surface area contributed by atoms with Crippen molar-refractivity contribution in [2.45, 2.75) is 49.1 Å². The Labute approximate surface area is 249 Å². The van der Waals surface area contributed by atoms with E-state index in [2.05, 4.69) is 22.2 Å². The van der Waals surface area contributed by atoms with Crippen molar-refractivity contribution in [2.75, 3.05) is 13.2 Å². The van der Waals surface area contributed by atoms with Crippen LogP contribution in [0, 0.1) is 0 Å². The van der Waals surface area contributed by atoms with Crippen molar-refractivity contribution in [3.05, 3.63) is 61.2 Å². The van der Waals surface area contributed by atoms with Gasteiger partial charge in [-0.3, -0.25) is 13.6 Å². The van der Waals surface area contributed by atoms with Gasteiger partial charge in [0.15, 0.2) is 12.5 Å². The molecule has 10 atom stereocenters. The van der Waals surface area contributed by atoms with Crippen molar-refractivity contribution < 1.29 is 47.2 Å². The summed E-state index contributed by atoms with van der Waals surface area (Å²) in [4.78, 5) is 19.7. The van der Waals surface area contributed by atoms with Crippen LogP contribution in [0.1, 0.15) is 12.5 Å². The monoisotopic (exact) mass is 656 g/mol. The van der Waals surface area contributed by atoms with Crippen LogP contribution < -0.4 is 0 Å². The Morgan fingerprint density at radius 1 is 0.810 bits per heavy atom. The summed E-state index contributed by atoms with van der Waals surface area (Å²) >= 11 is 9.42. The number of benzene rings is 2. The molecule has 0 spiro atoms. The second-order valence-electron chi connectivity index (χ2n) is 10.1. The molecule has 3 aliphatic heterocycles. The van der Waals surface area contributed by atoms with E-state index in [-0.39, 0.29) is 0 Å². The summed E-state index contributed by atoms with van der Waals surface area (Å²) in [5.41, 5.74) is 2.69. The van der Waals surface area contributed by atoms with E-state index in [0.29, 0.717) is 22.1 Å². The predicted octanol–water partition coefficient (Wildman–Crippen LogP) is 2.67. The Balaban J connectivity index is 1.20. The van der Waals surface area contributed by atoms with Gasteiger partial charge in [0.1, 0.15) is 36.6 Å². The third-order valence-electron chi connectivity index (χ3n) is 7.45. The number of para-hydroxylation sites is 4. The third-order valence-corrected chi connectivity index (χ3v) is 10.6. The van der Waals surface area contributed by atoms with Crippen LogP contribution in [-0.2, 0) is 43.9 Å². The molecule has 5 heterocycles. The number of rotatable bonds is 2. The molecule has 2 bridgehead atoms. The molecule has 0 amide bonds. The standard InChI is InChI=1S/C24H26N4O10P2S2/c29-19-17-9-33-39(31,41)37-21-18(36-23(20(21)30)27-11-25-13-5-1-3-7-15(13)27)10-34-40(32,42)38-22(19)24(35-17)28-12-26-14-6-2-4-8-16(14)28/h1-8,11-12,17-24,29-30H,9-10H2,(H,31,41)(H,32,42)/t17-,18-,19?,20?,21+,22+,23-,24-,39?,40?/m1/s1. The highest BCUT2D eigenvalue weighted by Crippen LogP contribution is 2.58. The van der Waals surface area contributed by atoms with Crippen LogP contribution in [0.3, 0.4) is 0 Å². The number of fused-ring (bicyclic) bond motifs is 5. The fourth-order valence-corrected chi connectivity index (χ4v) is 8.38. The second kappa shape index (κ2) is 11.0. The molecule has 2 aromatic heterocycles. The quantitative estimate of drug-likeness (QED) is 0.184. The van der Waals surface area contributed by atoms with E-state index < -0.39 is 75.8 Å². The Bertz CT molecular complexity index is 1720. The Kier molecular flexibility index (Phi) is 7.59. The van der Waals surface area contributed by atoms with E-state index in [9.17, 15) is 19.7 Å². The van der Waals surface area contributed by atoms with Crippen LogP contribution in [0.25, 0.3) is 22.1 Å². The van der Waals surface area contributed by atoms with Gasteiger partial charge in [-0.05, 0) is 36.1 Å². The number of hydrogen-bond acceptors (Lipinski definition) is 12. The summed E-state index contributed by atoms with van der Waals surface area (Å²) in [6.07, 6.45) is -6.43. The minimum Gasteiger partial charge on any atom is -0.387 e. The van der Waals surface area contributed by atoms with Crippen molar-refractivity contribution in [2.24, 2.45) is 0 Å². The lowest BCUT2D eigenvalue weighted by Crippen LogP contribution is -2.36. The molecule has 14 nitrogen and oxygen atoms in total. The summed E-state index contributed by atoms with van der Waals surface area (Å²) in [5.74, 6) is 0. The van der Waals surface area contributed by atoms with Crippen LogP contribution in [0.4, 0.5) is 0 Å². The molecule has 4 aromatic rings. The largest absolute Gasteiger partial charge is 0.387 e. The zero-order valence-corrected chi connectivity index (χ0v) is 25.0. The third kappa shape index (κ3) is 5.28. The lowest BCUT2D eigenvalue weighted by molar-refractivity contribution is -0.0586. The number of imidazole rings is 2. The van der Waals surface area contributed by atoms with Crippen LogP contribution >= 0.6 is 25.8 Å². The number of thiol groups is 1. The summed E-state index contributed by atoms with van der Waals surface area (Å²) < 4.78 is 51.6. The molecule has 224 valence electrons. The van der Waals surface area contributed by atoms with Crippen molar-refractivity contribution in [1.82, 2.24) is 19.1 Å². The molecule has 3 aliphatic rings. The smallest absolute Gasteiger partial charge is 0.386 e. The second-order valence-corrected chi connectivity index (χ2v) is 15.7. The van der Waals surface area contributed by atoms with Gasteiger partial charge >= 0.3 is 13.5 Å². The molecule has 3 saturated heterocycles. The van der Waals surface area contributed by atoms with Gasteiger partial charge in [0.2, 0.25) is 0 Å². The number of aliphatic hydroxyl groups excluding tert-OH is 2. The average Bonchev–Trinajstić information content (AvgIpc) is 3.72. The fourth-order valence-electron chi connectivity index (χ4n) is 5.47. The maximum absolute atomic E-state index is 13.5. The SMILES string of the molecule is O=P1(S)OC[C@H]2O[C@@H](n3cnc4ccccc43)C(O)[C@H]2OP(O)(=S)OC[C@H]2O[C@@H](n3cnc4ccccc43)[C@@H](O1)C2O. The molecule has 4 unspecified atom stereocenters. The number of aliphatic hydroxyl groups is 2.